The molecule has 0 aliphatic carbocycles. The summed E-state index contributed by atoms with van der Waals surface area (Å²) >= 11 is 3.11. The van der Waals surface area contributed by atoms with E-state index < -0.39 is 10.7 Å². The number of ether oxygens (including phenoxy) is 1. The monoisotopic (exact) mass is 340 g/mol. The third kappa shape index (κ3) is 2.78. The second kappa shape index (κ2) is 5.98. The zero-order valence-electron chi connectivity index (χ0n) is 10.2. The van der Waals surface area contributed by atoms with Gasteiger partial charge in [0.15, 0.2) is 0 Å². The standard InChI is InChI=1S/C13H10BrFN2O3/c14-13-10(17(18)19)4-2-6-12(13)20-11-5-1-3-9(15)8(11)7-16/h1-6H,7,16H2. The molecule has 0 aromatic heterocycles. The summed E-state index contributed by atoms with van der Waals surface area (Å²) in [7, 11) is 0. The Labute approximate surface area is 122 Å². The summed E-state index contributed by atoms with van der Waals surface area (Å²) in [6.45, 7) is -0.0332. The first kappa shape index (κ1) is 14.4. The fourth-order valence-electron chi connectivity index (χ4n) is 1.67. The Morgan fingerprint density at radius 2 is 1.90 bits per heavy atom. The van der Waals surface area contributed by atoms with Crippen molar-refractivity contribution >= 4 is 21.6 Å². The largest absolute Gasteiger partial charge is 0.455 e. The molecule has 0 spiro atoms. The maximum Gasteiger partial charge on any atom is 0.287 e. The van der Waals surface area contributed by atoms with Crippen molar-refractivity contribution in [3.8, 4) is 11.5 Å². The van der Waals surface area contributed by atoms with E-state index in [1.165, 1.54) is 24.3 Å². The van der Waals surface area contributed by atoms with Gasteiger partial charge in [-0.1, -0.05) is 12.1 Å². The number of benzene rings is 2. The van der Waals surface area contributed by atoms with Crippen molar-refractivity contribution in [3.63, 3.8) is 0 Å². The Hall–Kier alpha value is -1.99. The summed E-state index contributed by atoms with van der Waals surface area (Å²) in [5.41, 5.74) is 5.56. The second-order valence-electron chi connectivity index (χ2n) is 3.87. The number of nitro benzene ring substituents is 1. The SMILES string of the molecule is NCc1c(F)cccc1Oc1cccc([N+](=O)[O-])c1Br. The summed E-state index contributed by atoms with van der Waals surface area (Å²) in [4.78, 5) is 10.3. The van der Waals surface area contributed by atoms with Crippen LogP contribution in [0.3, 0.4) is 0 Å². The maximum absolute atomic E-state index is 13.6. The quantitative estimate of drug-likeness (QED) is 0.679. The van der Waals surface area contributed by atoms with Crippen LogP contribution in [-0.4, -0.2) is 4.92 Å². The first-order valence-corrected chi connectivity index (χ1v) is 6.42. The molecule has 0 amide bonds. The van der Waals surface area contributed by atoms with E-state index in [1.54, 1.807) is 12.1 Å². The highest BCUT2D eigenvalue weighted by atomic mass is 79.9. The van der Waals surface area contributed by atoms with Gasteiger partial charge in [0, 0.05) is 18.2 Å². The lowest BCUT2D eigenvalue weighted by Gasteiger charge is -2.11. The minimum atomic E-state index is -0.535. The molecule has 0 saturated carbocycles. The molecular weight excluding hydrogens is 331 g/mol. The van der Waals surface area contributed by atoms with Gasteiger partial charge < -0.3 is 10.5 Å². The predicted molar refractivity (Wildman–Crippen MR) is 75.2 cm³/mol. The van der Waals surface area contributed by atoms with Crippen LogP contribution in [0.4, 0.5) is 10.1 Å². The number of hydrogen-bond donors (Lipinski definition) is 1. The molecule has 2 rings (SSSR count). The van der Waals surface area contributed by atoms with Crippen molar-refractivity contribution in [1.82, 2.24) is 0 Å². The number of nitro groups is 1. The molecule has 0 radical (unpaired) electrons. The fourth-order valence-corrected chi connectivity index (χ4v) is 2.16. The second-order valence-corrected chi connectivity index (χ2v) is 4.66. The molecule has 0 saturated heterocycles. The van der Waals surface area contributed by atoms with E-state index in [1.807, 2.05) is 0 Å². The summed E-state index contributed by atoms with van der Waals surface area (Å²) in [6.07, 6.45) is 0. The molecule has 2 N–H and O–H groups in total. The molecule has 2 aromatic carbocycles. The van der Waals surface area contributed by atoms with Crippen molar-refractivity contribution in [3.05, 3.63) is 62.4 Å². The molecule has 104 valence electrons. The lowest BCUT2D eigenvalue weighted by Crippen LogP contribution is -2.03. The highest BCUT2D eigenvalue weighted by molar-refractivity contribution is 9.10. The Bertz CT molecular complexity index is 664. The number of hydrogen-bond acceptors (Lipinski definition) is 4. The van der Waals surface area contributed by atoms with Gasteiger partial charge in [0.05, 0.1) is 4.92 Å². The van der Waals surface area contributed by atoms with E-state index in [9.17, 15) is 14.5 Å². The summed E-state index contributed by atoms with van der Waals surface area (Å²) in [6, 6.07) is 8.68. The molecule has 0 unspecified atom stereocenters. The van der Waals surface area contributed by atoms with E-state index in [4.69, 9.17) is 10.5 Å². The van der Waals surface area contributed by atoms with Crippen LogP contribution >= 0.6 is 15.9 Å². The van der Waals surface area contributed by atoms with Gasteiger partial charge in [-0.25, -0.2) is 4.39 Å². The Morgan fingerprint density at radius 3 is 2.55 bits per heavy atom. The van der Waals surface area contributed by atoms with Gasteiger partial charge in [-0.15, -0.1) is 0 Å². The molecule has 5 nitrogen and oxygen atoms in total. The first-order chi connectivity index (χ1) is 9.54. The van der Waals surface area contributed by atoms with Crippen molar-refractivity contribution < 1.29 is 14.1 Å². The number of nitrogens with zero attached hydrogens (tertiary/aromatic N) is 1. The van der Waals surface area contributed by atoms with Crippen LogP contribution in [-0.2, 0) is 6.54 Å². The Kier molecular flexibility index (Phi) is 4.31. The van der Waals surface area contributed by atoms with Crippen LogP contribution in [0.2, 0.25) is 0 Å². The van der Waals surface area contributed by atoms with Gasteiger partial charge in [-0.05, 0) is 34.1 Å². The molecule has 7 heteroatoms. The lowest BCUT2D eigenvalue weighted by atomic mass is 10.2. The highest BCUT2D eigenvalue weighted by Gasteiger charge is 2.17. The average molecular weight is 341 g/mol. The molecule has 20 heavy (non-hydrogen) atoms. The number of rotatable bonds is 4. The van der Waals surface area contributed by atoms with Crippen molar-refractivity contribution in [2.75, 3.05) is 0 Å². The summed E-state index contributed by atoms with van der Waals surface area (Å²) < 4.78 is 19.3. The highest BCUT2D eigenvalue weighted by Crippen LogP contribution is 2.37. The summed E-state index contributed by atoms with van der Waals surface area (Å²) in [5.74, 6) is -0.0280. The molecule has 0 bridgehead atoms. The van der Waals surface area contributed by atoms with Crippen LogP contribution in [0.25, 0.3) is 0 Å². The predicted octanol–water partition coefficient (Wildman–Crippen LogP) is 3.75. The minimum Gasteiger partial charge on any atom is -0.455 e. The topological polar surface area (TPSA) is 78.4 Å². The van der Waals surface area contributed by atoms with Crippen LogP contribution in [0.15, 0.2) is 40.9 Å². The van der Waals surface area contributed by atoms with Crippen molar-refractivity contribution in [2.24, 2.45) is 5.73 Å². The number of nitrogens with two attached hydrogens (primary N) is 1. The van der Waals surface area contributed by atoms with Crippen LogP contribution < -0.4 is 10.5 Å². The molecule has 0 atom stereocenters. The van der Waals surface area contributed by atoms with E-state index in [0.717, 1.165) is 0 Å². The van der Waals surface area contributed by atoms with Gasteiger partial charge in [0.1, 0.15) is 21.8 Å². The first-order valence-electron chi connectivity index (χ1n) is 5.62. The smallest absolute Gasteiger partial charge is 0.287 e. The molecule has 2 aromatic rings. The van der Waals surface area contributed by atoms with Gasteiger partial charge in [0.2, 0.25) is 0 Å². The van der Waals surface area contributed by atoms with Gasteiger partial charge in [-0.3, -0.25) is 10.1 Å². The van der Waals surface area contributed by atoms with Crippen molar-refractivity contribution in [2.45, 2.75) is 6.54 Å². The molecular formula is C13H10BrFN2O3. The van der Waals surface area contributed by atoms with E-state index in [-0.39, 0.29) is 33.8 Å². The zero-order chi connectivity index (χ0) is 14.7. The van der Waals surface area contributed by atoms with Crippen LogP contribution in [0.1, 0.15) is 5.56 Å². The third-order valence-electron chi connectivity index (χ3n) is 2.64. The van der Waals surface area contributed by atoms with Crippen LogP contribution in [0.5, 0.6) is 11.5 Å². The van der Waals surface area contributed by atoms with Gasteiger partial charge >= 0.3 is 0 Å². The van der Waals surface area contributed by atoms with Crippen LogP contribution in [0, 0.1) is 15.9 Å². The van der Waals surface area contributed by atoms with E-state index in [0.29, 0.717) is 0 Å². The lowest BCUT2D eigenvalue weighted by molar-refractivity contribution is -0.385. The van der Waals surface area contributed by atoms with Gasteiger partial charge in [0.25, 0.3) is 5.69 Å². The zero-order valence-corrected chi connectivity index (χ0v) is 11.8. The maximum atomic E-state index is 13.6. The fraction of sp³-hybridized carbons (Fsp3) is 0.0769. The molecule has 0 heterocycles. The van der Waals surface area contributed by atoms with Crippen molar-refractivity contribution in [1.29, 1.82) is 0 Å². The third-order valence-corrected chi connectivity index (χ3v) is 3.44. The van der Waals surface area contributed by atoms with E-state index in [2.05, 4.69) is 15.9 Å². The van der Waals surface area contributed by atoms with E-state index >= 15 is 0 Å². The normalized spacial score (nSPS) is 10.3. The Morgan fingerprint density at radius 1 is 1.25 bits per heavy atom. The Balaban J connectivity index is 2.43. The number of halogens is 2. The minimum absolute atomic E-state index is 0.0332. The molecule has 0 fully saturated rings. The van der Waals surface area contributed by atoms with Gasteiger partial charge in [-0.2, -0.15) is 0 Å². The average Bonchev–Trinajstić information content (AvgIpc) is 2.41. The molecule has 0 aliphatic heterocycles. The summed E-state index contributed by atoms with van der Waals surface area (Å²) in [5, 5.41) is 10.8. The molecule has 0 aliphatic rings.